The molecule has 1 aromatic rings. The fourth-order valence-corrected chi connectivity index (χ4v) is 2.40. The Hall–Kier alpha value is -1.43. The molecule has 0 saturated heterocycles. The number of aromatic nitrogens is 3. The molecule has 0 atom stereocenters. The van der Waals surface area contributed by atoms with Crippen molar-refractivity contribution in [3.63, 3.8) is 0 Å². The van der Waals surface area contributed by atoms with Gasteiger partial charge in [0, 0.05) is 12.1 Å². The van der Waals surface area contributed by atoms with Gasteiger partial charge in [0.05, 0.1) is 12.7 Å². The monoisotopic (exact) mass is 268 g/mol. The van der Waals surface area contributed by atoms with Crippen molar-refractivity contribution in [2.75, 3.05) is 6.54 Å². The minimum absolute atomic E-state index is 0.0195. The highest BCUT2D eigenvalue weighted by Crippen LogP contribution is 2.26. The average Bonchev–Trinajstić information content (AvgIpc) is 2.61. The van der Waals surface area contributed by atoms with E-state index < -0.39 is 5.97 Å². The molecular formula is C13H24N4O2. The quantitative estimate of drug-likeness (QED) is 0.822. The lowest BCUT2D eigenvalue weighted by Gasteiger charge is -2.33. The number of nitrogens with zero attached hydrogens (tertiary/aromatic N) is 3. The van der Waals surface area contributed by atoms with Crippen LogP contribution in [-0.2, 0) is 6.54 Å². The van der Waals surface area contributed by atoms with Crippen LogP contribution in [0.15, 0.2) is 6.20 Å². The largest absolute Gasteiger partial charge is 0.476 e. The molecule has 0 fully saturated rings. The highest BCUT2D eigenvalue weighted by molar-refractivity contribution is 5.84. The summed E-state index contributed by atoms with van der Waals surface area (Å²) in [5.41, 5.74) is 0.281. The van der Waals surface area contributed by atoms with Crippen molar-refractivity contribution >= 4 is 5.97 Å². The Morgan fingerprint density at radius 1 is 1.37 bits per heavy atom. The van der Waals surface area contributed by atoms with Crippen molar-refractivity contribution < 1.29 is 9.90 Å². The molecule has 0 aliphatic heterocycles. The molecule has 0 saturated carbocycles. The normalized spacial score (nSPS) is 12.7. The third kappa shape index (κ3) is 5.83. The van der Waals surface area contributed by atoms with E-state index in [2.05, 4.69) is 50.2 Å². The van der Waals surface area contributed by atoms with Gasteiger partial charge in [0.1, 0.15) is 0 Å². The molecule has 6 nitrogen and oxygen atoms in total. The van der Waals surface area contributed by atoms with Crippen molar-refractivity contribution in [3.05, 3.63) is 11.9 Å². The van der Waals surface area contributed by atoms with Crippen molar-refractivity contribution in [2.24, 2.45) is 5.41 Å². The van der Waals surface area contributed by atoms with Crippen LogP contribution < -0.4 is 5.32 Å². The summed E-state index contributed by atoms with van der Waals surface area (Å²) >= 11 is 0. The van der Waals surface area contributed by atoms with E-state index in [4.69, 9.17) is 5.11 Å². The molecule has 0 aliphatic carbocycles. The molecule has 108 valence electrons. The van der Waals surface area contributed by atoms with Crippen molar-refractivity contribution in [2.45, 2.75) is 53.1 Å². The van der Waals surface area contributed by atoms with Gasteiger partial charge in [-0.2, -0.15) is 0 Å². The summed E-state index contributed by atoms with van der Waals surface area (Å²) in [6, 6.07) is 0. The van der Waals surface area contributed by atoms with Gasteiger partial charge in [0.2, 0.25) is 0 Å². The standard InChI is InChI=1S/C13H24N4O2/c1-12(2,3)9-13(4,5)14-6-7-17-8-10(11(18)19)15-16-17/h8,14H,6-7,9H2,1-5H3,(H,18,19). The van der Waals surface area contributed by atoms with Crippen LogP contribution in [0.5, 0.6) is 0 Å². The van der Waals surface area contributed by atoms with Crippen LogP contribution in [0.2, 0.25) is 0 Å². The highest BCUT2D eigenvalue weighted by Gasteiger charge is 2.24. The van der Waals surface area contributed by atoms with Gasteiger partial charge >= 0.3 is 5.97 Å². The molecule has 2 N–H and O–H groups in total. The van der Waals surface area contributed by atoms with Gasteiger partial charge in [-0.25, -0.2) is 4.79 Å². The first kappa shape index (κ1) is 15.6. The third-order valence-corrected chi connectivity index (χ3v) is 2.67. The van der Waals surface area contributed by atoms with Gasteiger partial charge in [-0.05, 0) is 25.7 Å². The lowest BCUT2D eigenvalue weighted by molar-refractivity contribution is 0.0690. The molecule has 1 aromatic heterocycles. The van der Waals surface area contributed by atoms with Gasteiger partial charge in [-0.1, -0.05) is 26.0 Å². The Labute approximate surface area is 114 Å². The minimum atomic E-state index is -1.05. The Balaban J connectivity index is 2.42. The van der Waals surface area contributed by atoms with Gasteiger partial charge in [-0.3, -0.25) is 4.68 Å². The smallest absolute Gasteiger partial charge is 0.358 e. The van der Waals surface area contributed by atoms with E-state index in [1.807, 2.05) is 0 Å². The Morgan fingerprint density at radius 2 is 2.00 bits per heavy atom. The van der Waals surface area contributed by atoms with Crippen LogP contribution >= 0.6 is 0 Å². The van der Waals surface area contributed by atoms with E-state index in [9.17, 15) is 4.79 Å². The fourth-order valence-electron chi connectivity index (χ4n) is 2.40. The Kier molecular flexibility index (Phi) is 4.68. The summed E-state index contributed by atoms with van der Waals surface area (Å²) in [5, 5.41) is 19.6. The zero-order chi connectivity index (χ0) is 14.7. The lowest BCUT2D eigenvalue weighted by atomic mass is 9.82. The molecule has 0 spiro atoms. The molecule has 1 rings (SSSR count). The number of aromatic carboxylic acids is 1. The summed E-state index contributed by atoms with van der Waals surface area (Å²) in [4.78, 5) is 10.7. The van der Waals surface area contributed by atoms with E-state index >= 15 is 0 Å². The number of rotatable bonds is 6. The SMILES string of the molecule is CC(C)(C)CC(C)(C)NCCn1cc(C(=O)O)nn1. The second-order valence-corrected chi connectivity index (χ2v) is 6.72. The first-order valence-electron chi connectivity index (χ1n) is 6.48. The second-order valence-electron chi connectivity index (χ2n) is 6.72. The first-order chi connectivity index (χ1) is 8.59. The minimum Gasteiger partial charge on any atom is -0.476 e. The Bertz CT molecular complexity index is 432. The van der Waals surface area contributed by atoms with Gasteiger partial charge in [0.15, 0.2) is 5.69 Å². The zero-order valence-electron chi connectivity index (χ0n) is 12.4. The third-order valence-electron chi connectivity index (χ3n) is 2.67. The summed E-state index contributed by atoms with van der Waals surface area (Å²) < 4.78 is 1.55. The molecule has 0 unspecified atom stereocenters. The topological polar surface area (TPSA) is 80.0 Å². The number of nitrogens with one attached hydrogen (secondary N) is 1. The molecule has 0 aliphatic rings. The van der Waals surface area contributed by atoms with Crippen LogP contribution in [-0.4, -0.2) is 38.2 Å². The van der Waals surface area contributed by atoms with Crippen molar-refractivity contribution in [3.8, 4) is 0 Å². The van der Waals surface area contributed by atoms with E-state index in [-0.39, 0.29) is 16.6 Å². The van der Waals surface area contributed by atoms with E-state index in [0.717, 1.165) is 13.0 Å². The predicted octanol–water partition coefficient (Wildman–Crippen LogP) is 1.78. The Morgan fingerprint density at radius 3 is 2.47 bits per heavy atom. The molecule has 0 aromatic carbocycles. The maximum absolute atomic E-state index is 10.7. The summed E-state index contributed by atoms with van der Waals surface area (Å²) in [7, 11) is 0. The highest BCUT2D eigenvalue weighted by atomic mass is 16.4. The van der Waals surface area contributed by atoms with Gasteiger partial charge in [-0.15, -0.1) is 5.10 Å². The van der Waals surface area contributed by atoms with E-state index in [1.165, 1.54) is 6.20 Å². The van der Waals surface area contributed by atoms with E-state index in [0.29, 0.717) is 6.54 Å². The molecule has 0 amide bonds. The number of hydrogen-bond donors (Lipinski definition) is 2. The second kappa shape index (κ2) is 5.69. The fraction of sp³-hybridized carbons (Fsp3) is 0.769. The van der Waals surface area contributed by atoms with Crippen LogP contribution in [0.4, 0.5) is 0 Å². The number of carboxylic acids is 1. The summed E-state index contributed by atoms with van der Waals surface area (Å²) in [6.45, 7) is 12.3. The zero-order valence-corrected chi connectivity index (χ0v) is 12.4. The lowest BCUT2D eigenvalue weighted by Crippen LogP contribution is -2.43. The molecule has 0 bridgehead atoms. The number of hydrogen-bond acceptors (Lipinski definition) is 4. The molecule has 19 heavy (non-hydrogen) atoms. The van der Waals surface area contributed by atoms with Crippen LogP contribution in [0, 0.1) is 5.41 Å². The number of carbonyl (C=O) groups is 1. The molecule has 1 heterocycles. The maximum Gasteiger partial charge on any atom is 0.358 e. The average molecular weight is 268 g/mol. The molecular weight excluding hydrogens is 244 g/mol. The molecule has 6 heteroatoms. The number of carboxylic acid groups (broad SMARTS) is 1. The van der Waals surface area contributed by atoms with Crippen molar-refractivity contribution in [1.29, 1.82) is 0 Å². The van der Waals surface area contributed by atoms with E-state index in [1.54, 1.807) is 4.68 Å². The summed E-state index contributed by atoms with van der Waals surface area (Å²) in [6.07, 6.45) is 2.50. The van der Waals surface area contributed by atoms with Crippen LogP contribution in [0.1, 0.15) is 51.5 Å². The maximum atomic E-state index is 10.7. The van der Waals surface area contributed by atoms with Gasteiger partial charge in [0.25, 0.3) is 0 Å². The van der Waals surface area contributed by atoms with Crippen molar-refractivity contribution in [1.82, 2.24) is 20.3 Å². The van der Waals surface area contributed by atoms with Gasteiger partial charge < -0.3 is 10.4 Å². The first-order valence-corrected chi connectivity index (χ1v) is 6.48. The van der Waals surface area contributed by atoms with Crippen LogP contribution in [0.25, 0.3) is 0 Å². The van der Waals surface area contributed by atoms with Crippen LogP contribution in [0.3, 0.4) is 0 Å². The predicted molar refractivity (Wildman–Crippen MR) is 73.1 cm³/mol. The summed E-state index contributed by atoms with van der Waals surface area (Å²) in [5.74, 6) is -1.05. The molecule has 0 radical (unpaired) electrons.